The lowest BCUT2D eigenvalue weighted by Crippen LogP contribution is -2.31. The minimum atomic E-state index is -0.0510. The third-order valence-electron chi connectivity index (χ3n) is 3.44. The van der Waals surface area contributed by atoms with Gasteiger partial charge in [-0.25, -0.2) is 0 Å². The molecule has 0 aromatic rings. The smallest absolute Gasteiger partial charge is 0.220 e. The minimum Gasteiger partial charge on any atom is -0.370 e. The van der Waals surface area contributed by atoms with E-state index in [0.29, 0.717) is 0 Å². The molecule has 118 valence electrons. The largest absolute Gasteiger partial charge is 0.370 e. The highest BCUT2D eigenvalue weighted by atomic mass is 15.2. The third kappa shape index (κ3) is 11.8. The van der Waals surface area contributed by atoms with E-state index in [1.807, 2.05) is 7.05 Å². The van der Waals surface area contributed by atoms with Crippen molar-refractivity contribution < 1.29 is 0 Å². The molecule has 0 saturated carbocycles. The Bertz CT molecular complexity index is 271. The van der Waals surface area contributed by atoms with Crippen LogP contribution in [-0.2, 0) is 0 Å². The van der Waals surface area contributed by atoms with Crippen LogP contribution in [0.2, 0.25) is 0 Å². The van der Waals surface area contributed by atoms with E-state index < -0.39 is 0 Å². The zero-order valence-corrected chi connectivity index (χ0v) is 13.3. The number of rotatable bonds is 11. The molecular formula is C15H33N5. The maximum atomic E-state index is 7.63. The molecule has 0 aromatic heterocycles. The summed E-state index contributed by atoms with van der Waals surface area (Å²) in [7, 11) is 1.85. The summed E-state index contributed by atoms with van der Waals surface area (Å²) in [6.45, 7) is 3.09. The Kier molecular flexibility index (Phi) is 12.0. The van der Waals surface area contributed by atoms with Crippen LogP contribution in [0.1, 0.15) is 71.1 Å². The standard InChI is InChI=1S/C15H33N5/c1-3-4-5-6-7-8-9-10-11-12-13-20(2)15(18)19-14(16)17/h3-13H2,1-2H3,(H5,16,17,18,19). The van der Waals surface area contributed by atoms with E-state index in [-0.39, 0.29) is 11.9 Å². The monoisotopic (exact) mass is 283 g/mol. The van der Waals surface area contributed by atoms with Crippen LogP contribution in [0.15, 0.2) is 4.99 Å². The van der Waals surface area contributed by atoms with Gasteiger partial charge < -0.3 is 16.4 Å². The quantitative estimate of drug-likeness (QED) is 0.309. The second-order valence-corrected chi connectivity index (χ2v) is 5.46. The van der Waals surface area contributed by atoms with Crippen molar-refractivity contribution >= 4 is 11.9 Å². The summed E-state index contributed by atoms with van der Waals surface area (Å²) in [5.74, 6) is 0.0887. The summed E-state index contributed by atoms with van der Waals surface area (Å²) in [5.41, 5.74) is 10.5. The fourth-order valence-electron chi connectivity index (χ4n) is 2.15. The van der Waals surface area contributed by atoms with Gasteiger partial charge in [0.25, 0.3) is 0 Å². The van der Waals surface area contributed by atoms with Gasteiger partial charge in [0.15, 0.2) is 5.96 Å². The zero-order chi connectivity index (χ0) is 15.2. The van der Waals surface area contributed by atoms with Crippen molar-refractivity contribution in [3.8, 4) is 0 Å². The topological polar surface area (TPSA) is 91.5 Å². The molecule has 0 spiro atoms. The molecule has 0 aliphatic carbocycles. The molecule has 0 saturated heterocycles. The van der Waals surface area contributed by atoms with Gasteiger partial charge in [-0.05, 0) is 6.42 Å². The predicted molar refractivity (Wildman–Crippen MR) is 88.0 cm³/mol. The fraction of sp³-hybridized carbons (Fsp3) is 0.867. The lowest BCUT2D eigenvalue weighted by atomic mass is 10.1. The van der Waals surface area contributed by atoms with Crippen LogP contribution < -0.4 is 11.5 Å². The van der Waals surface area contributed by atoms with Crippen molar-refractivity contribution in [1.29, 1.82) is 5.41 Å². The zero-order valence-electron chi connectivity index (χ0n) is 13.3. The van der Waals surface area contributed by atoms with Crippen molar-refractivity contribution in [2.45, 2.75) is 71.1 Å². The van der Waals surface area contributed by atoms with Gasteiger partial charge in [-0.2, -0.15) is 4.99 Å². The fourth-order valence-corrected chi connectivity index (χ4v) is 2.15. The molecule has 0 aliphatic rings. The first-order chi connectivity index (χ1) is 9.57. The van der Waals surface area contributed by atoms with Gasteiger partial charge >= 0.3 is 0 Å². The molecule has 0 amide bonds. The van der Waals surface area contributed by atoms with Crippen LogP contribution in [0, 0.1) is 5.41 Å². The van der Waals surface area contributed by atoms with Crippen molar-refractivity contribution in [2.24, 2.45) is 16.5 Å². The SMILES string of the molecule is CCCCCCCCCCCCN(C)C(=N)N=C(N)N. The summed E-state index contributed by atoms with van der Waals surface area (Å²) >= 11 is 0. The number of nitrogens with zero attached hydrogens (tertiary/aromatic N) is 2. The summed E-state index contributed by atoms with van der Waals surface area (Å²) < 4.78 is 0. The van der Waals surface area contributed by atoms with Crippen molar-refractivity contribution in [2.75, 3.05) is 13.6 Å². The minimum absolute atomic E-state index is 0.0510. The second-order valence-electron chi connectivity index (χ2n) is 5.46. The Hall–Kier alpha value is -1.26. The van der Waals surface area contributed by atoms with E-state index in [1.165, 1.54) is 57.8 Å². The first-order valence-electron chi connectivity index (χ1n) is 7.97. The Morgan fingerprint density at radius 2 is 1.35 bits per heavy atom. The summed E-state index contributed by atoms with van der Waals surface area (Å²) in [5, 5.41) is 7.63. The number of hydrogen-bond acceptors (Lipinski definition) is 1. The van der Waals surface area contributed by atoms with Crippen LogP contribution >= 0.6 is 0 Å². The number of guanidine groups is 2. The molecule has 0 aliphatic heterocycles. The van der Waals surface area contributed by atoms with Gasteiger partial charge in [0.2, 0.25) is 5.96 Å². The second kappa shape index (κ2) is 12.8. The molecule has 0 heterocycles. The molecular weight excluding hydrogens is 250 g/mol. The van der Waals surface area contributed by atoms with Gasteiger partial charge in [-0.15, -0.1) is 0 Å². The van der Waals surface area contributed by atoms with E-state index in [1.54, 1.807) is 4.90 Å². The third-order valence-corrected chi connectivity index (χ3v) is 3.44. The molecule has 0 rings (SSSR count). The maximum Gasteiger partial charge on any atom is 0.220 e. The van der Waals surface area contributed by atoms with Crippen molar-refractivity contribution in [1.82, 2.24) is 4.90 Å². The molecule has 0 fully saturated rings. The van der Waals surface area contributed by atoms with Crippen LogP contribution in [0.3, 0.4) is 0 Å². The highest BCUT2D eigenvalue weighted by molar-refractivity contribution is 5.91. The van der Waals surface area contributed by atoms with E-state index in [4.69, 9.17) is 16.9 Å². The van der Waals surface area contributed by atoms with Gasteiger partial charge in [0.05, 0.1) is 0 Å². The predicted octanol–water partition coefficient (Wildman–Crippen LogP) is 3.05. The summed E-state index contributed by atoms with van der Waals surface area (Å²) in [6, 6.07) is 0. The van der Waals surface area contributed by atoms with Crippen molar-refractivity contribution in [3.63, 3.8) is 0 Å². The van der Waals surface area contributed by atoms with Gasteiger partial charge in [0.1, 0.15) is 0 Å². The van der Waals surface area contributed by atoms with Gasteiger partial charge in [-0.3, -0.25) is 5.41 Å². The average molecular weight is 283 g/mol. The molecule has 0 radical (unpaired) electrons. The van der Waals surface area contributed by atoms with Gasteiger partial charge in [0, 0.05) is 13.6 Å². The normalized spacial score (nSPS) is 10.3. The lowest BCUT2D eigenvalue weighted by molar-refractivity contribution is 0.458. The van der Waals surface area contributed by atoms with E-state index in [0.717, 1.165) is 13.0 Å². The number of aliphatic imine (C=N–C) groups is 1. The molecule has 5 N–H and O–H groups in total. The van der Waals surface area contributed by atoms with Gasteiger partial charge in [-0.1, -0.05) is 64.7 Å². The maximum absolute atomic E-state index is 7.63. The van der Waals surface area contributed by atoms with Crippen molar-refractivity contribution in [3.05, 3.63) is 0 Å². The molecule has 5 nitrogen and oxygen atoms in total. The number of nitrogens with two attached hydrogens (primary N) is 2. The Morgan fingerprint density at radius 1 is 0.900 bits per heavy atom. The summed E-state index contributed by atoms with van der Waals surface area (Å²) in [4.78, 5) is 5.50. The van der Waals surface area contributed by atoms with Crippen LogP contribution in [-0.4, -0.2) is 30.4 Å². The summed E-state index contributed by atoms with van der Waals surface area (Å²) in [6.07, 6.45) is 13.2. The first kappa shape index (κ1) is 18.7. The highest BCUT2D eigenvalue weighted by Gasteiger charge is 2.02. The lowest BCUT2D eigenvalue weighted by Gasteiger charge is -2.16. The van der Waals surface area contributed by atoms with E-state index in [9.17, 15) is 0 Å². The van der Waals surface area contributed by atoms with Crippen LogP contribution in [0.25, 0.3) is 0 Å². The molecule has 0 aromatic carbocycles. The molecule has 0 unspecified atom stereocenters. The number of unbranched alkanes of at least 4 members (excludes halogenated alkanes) is 9. The molecule has 20 heavy (non-hydrogen) atoms. The van der Waals surface area contributed by atoms with E-state index >= 15 is 0 Å². The first-order valence-corrected chi connectivity index (χ1v) is 7.97. The van der Waals surface area contributed by atoms with Crippen LogP contribution in [0.4, 0.5) is 0 Å². The highest BCUT2D eigenvalue weighted by Crippen LogP contribution is 2.10. The molecule has 0 atom stereocenters. The van der Waals surface area contributed by atoms with Crippen LogP contribution in [0.5, 0.6) is 0 Å². The Labute approximate surface area is 124 Å². The Balaban J connectivity index is 3.35. The molecule has 0 bridgehead atoms. The average Bonchev–Trinajstić information content (AvgIpc) is 2.39. The van der Waals surface area contributed by atoms with E-state index in [2.05, 4.69) is 11.9 Å². The number of nitrogens with one attached hydrogen (secondary N) is 1. The number of hydrogen-bond donors (Lipinski definition) is 3. The Morgan fingerprint density at radius 3 is 1.80 bits per heavy atom. The molecule has 5 heteroatoms.